The zero-order chi connectivity index (χ0) is 18.4. The third-order valence-corrected chi connectivity index (χ3v) is 4.83. The summed E-state index contributed by atoms with van der Waals surface area (Å²) < 4.78 is 7.47. The van der Waals surface area contributed by atoms with Crippen LogP contribution in [-0.4, -0.2) is 59.3 Å². The second-order valence-electron chi connectivity index (χ2n) is 6.85. The van der Waals surface area contributed by atoms with Gasteiger partial charge in [0, 0.05) is 58.2 Å². The molecular weight excluding hydrogens is 320 g/mol. The van der Waals surface area contributed by atoms with Gasteiger partial charge in [0.15, 0.2) is 0 Å². The van der Waals surface area contributed by atoms with E-state index >= 15 is 0 Å². The highest BCUT2D eigenvalue weighted by Gasteiger charge is 2.31. The van der Waals surface area contributed by atoms with E-state index < -0.39 is 0 Å². The van der Waals surface area contributed by atoms with E-state index in [4.69, 9.17) is 4.74 Å². The number of hydrogen-bond acceptors (Lipinski definition) is 4. The first kappa shape index (κ1) is 19.4. The molecule has 140 valence electrons. The van der Waals surface area contributed by atoms with Crippen molar-refractivity contribution in [1.82, 2.24) is 20.0 Å². The number of hydrogen-bond donors (Lipinski definition) is 1. The minimum atomic E-state index is 0.0193. The van der Waals surface area contributed by atoms with Crippen molar-refractivity contribution in [3.05, 3.63) is 17.5 Å². The maximum atomic E-state index is 12.2. The highest BCUT2D eigenvalue weighted by atomic mass is 16.5. The number of piperidine rings is 1. The molecule has 1 N–H and O–H groups in total. The van der Waals surface area contributed by atoms with Crippen LogP contribution >= 0.6 is 0 Å². The summed E-state index contributed by atoms with van der Waals surface area (Å²) in [6, 6.07) is 2.05. The van der Waals surface area contributed by atoms with E-state index in [9.17, 15) is 9.59 Å². The van der Waals surface area contributed by atoms with Crippen molar-refractivity contribution in [1.29, 1.82) is 0 Å². The number of aromatic nitrogens is 2. The van der Waals surface area contributed by atoms with Crippen LogP contribution in [0.15, 0.2) is 6.07 Å². The van der Waals surface area contributed by atoms with Gasteiger partial charge in [0.1, 0.15) is 0 Å². The first-order valence-electron chi connectivity index (χ1n) is 8.96. The van der Waals surface area contributed by atoms with Crippen LogP contribution in [0.2, 0.25) is 0 Å². The average Bonchev–Trinajstić information content (AvgIpc) is 2.89. The second-order valence-corrected chi connectivity index (χ2v) is 6.85. The Morgan fingerprint density at radius 1 is 1.40 bits per heavy atom. The second kappa shape index (κ2) is 8.99. The summed E-state index contributed by atoms with van der Waals surface area (Å²) in [7, 11) is 1.67. The largest absolute Gasteiger partial charge is 0.381 e. The molecule has 0 saturated carbocycles. The van der Waals surface area contributed by atoms with Gasteiger partial charge in [-0.2, -0.15) is 5.10 Å². The Kier molecular flexibility index (Phi) is 6.99. The lowest BCUT2D eigenvalue weighted by atomic mass is 9.91. The molecule has 1 saturated heterocycles. The van der Waals surface area contributed by atoms with Gasteiger partial charge in [-0.15, -0.1) is 0 Å². The minimum Gasteiger partial charge on any atom is -0.381 e. The van der Waals surface area contributed by atoms with Gasteiger partial charge in [-0.05, 0) is 32.8 Å². The van der Waals surface area contributed by atoms with Gasteiger partial charge in [-0.25, -0.2) is 0 Å². The average molecular weight is 350 g/mol. The number of rotatable bonds is 7. The summed E-state index contributed by atoms with van der Waals surface area (Å²) in [5, 5.41) is 7.39. The monoisotopic (exact) mass is 350 g/mol. The smallest absolute Gasteiger partial charge is 0.220 e. The van der Waals surface area contributed by atoms with Gasteiger partial charge in [0.05, 0.1) is 11.8 Å². The molecule has 1 aliphatic heterocycles. The summed E-state index contributed by atoms with van der Waals surface area (Å²) in [4.78, 5) is 25.6. The van der Waals surface area contributed by atoms with Crippen LogP contribution in [0.25, 0.3) is 0 Å². The fraction of sp³-hybridized carbons (Fsp3) is 0.722. The van der Waals surface area contributed by atoms with E-state index in [1.165, 1.54) is 0 Å². The lowest BCUT2D eigenvalue weighted by Gasteiger charge is -2.37. The number of methoxy groups -OCH3 is 1. The summed E-state index contributed by atoms with van der Waals surface area (Å²) >= 11 is 0. The molecule has 1 aliphatic rings. The van der Waals surface area contributed by atoms with Gasteiger partial charge in [-0.3, -0.25) is 14.3 Å². The molecule has 1 fully saturated rings. The van der Waals surface area contributed by atoms with Crippen LogP contribution in [0.1, 0.15) is 37.6 Å². The highest BCUT2D eigenvalue weighted by Crippen LogP contribution is 2.22. The minimum absolute atomic E-state index is 0.0193. The lowest BCUT2D eigenvalue weighted by Crippen LogP contribution is -2.47. The van der Waals surface area contributed by atoms with Crippen LogP contribution in [0.3, 0.4) is 0 Å². The van der Waals surface area contributed by atoms with E-state index in [1.54, 1.807) is 18.9 Å². The van der Waals surface area contributed by atoms with E-state index in [2.05, 4.69) is 10.4 Å². The molecule has 2 atom stereocenters. The maximum absolute atomic E-state index is 12.2. The first-order chi connectivity index (χ1) is 11.9. The molecule has 2 rings (SSSR count). The number of amides is 2. The number of aryl methyl sites for hydroxylation is 3. The number of nitrogens with zero attached hydrogens (tertiary/aromatic N) is 3. The van der Waals surface area contributed by atoms with Crippen molar-refractivity contribution >= 4 is 11.8 Å². The zero-order valence-corrected chi connectivity index (χ0v) is 15.7. The third-order valence-electron chi connectivity index (χ3n) is 4.83. The number of nitrogens with one attached hydrogen (secondary N) is 1. The van der Waals surface area contributed by atoms with Crippen molar-refractivity contribution in [2.45, 2.75) is 52.7 Å². The third kappa shape index (κ3) is 5.56. The number of carbonyl (C=O) groups excluding carboxylic acids is 2. The molecule has 0 unspecified atom stereocenters. The Morgan fingerprint density at radius 2 is 2.16 bits per heavy atom. The van der Waals surface area contributed by atoms with E-state index in [0.29, 0.717) is 26.1 Å². The van der Waals surface area contributed by atoms with Crippen molar-refractivity contribution in [3.8, 4) is 0 Å². The first-order valence-corrected chi connectivity index (χ1v) is 8.96. The van der Waals surface area contributed by atoms with Crippen LogP contribution in [0.4, 0.5) is 0 Å². The molecule has 7 heteroatoms. The SMILES string of the molecule is CO[C@@H]1CCN(C(C)=O)C[C@H]1CC(=O)NCCCn1nc(C)cc1C. The normalized spacial score (nSPS) is 20.6. The molecule has 1 aromatic rings. The Balaban J connectivity index is 1.74. The summed E-state index contributed by atoms with van der Waals surface area (Å²) in [5.41, 5.74) is 2.15. The van der Waals surface area contributed by atoms with Crippen molar-refractivity contribution < 1.29 is 14.3 Å². The summed E-state index contributed by atoms with van der Waals surface area (Å²) in [6.07, 6.45) is 2.05. The predicted molar refractivity (Wildman–Crippen MR) is 95.1 cm³/mol. The molecular formula is C18H30N4O3. The molecule has 25 heavy (non-hydrogen) atoms. The van der Waals surface area contributed by atoms with Gasteiger partial charge in [0.25, 0.3) is 0 Å². The number of likely N-dealkylation sites (tertiary alicyclic amines) is 1. The summed E-state index contributed by atoms with van der Waals surface area (Å²) in [5.74, 6) is 0.134. The highest BCUT2D eigenvalue weighted by molar-refractivity contribution is 5.76. The topological polar surface area (TPSA) is 76.5 Å². The fourth-order valence-electron chi connectivity index (χ4n) is 3.47. The summed E-state index contributed by atoms with van der Waals surface area (Å²) in [6.45, 7) is 8.30. The molecule has 0 spiro atoms. The predicted octanol–water partition coefficient (Wildman–Crippen LogP) is 1.28. The van der Waals surface area contributed by atoms with E-state index in [0.717, 1.165) is 30.8 Å². The molecule has 0 aliphatic carbocycles. The van der Waals surface area contributed by atoms with Gasteiger partial charge >= 0.3 is 0 Å². The maximum Gasteiger partial charge on any atom is 0.220 e. The Morgan fingerprint density at radius 3 is 2.76 bits per heavy atom. The van der Waals surface area contributed by atoms with Crippen LogP contribution in [-0.2, 0) is 20.9 Å². The molecule has 0 radical (unpaired) electrons. The van der Waals surface area contributed by atoms with Crippen molar-refractivity contribution in [2.75, 3.05) is 26.7 Å². The molecule has 7 nitrogen and oxygen atoms in total. The quantitative estimate of drug-likeness (QED) is 0.752. The lowest BCUT2D eigenvalue weighted by molar-refractivity contribution is -0.135. The van der Waals surface area contributed by atoms with Crippen molar-refractivity contribution in [2.24, 2.45) is 5.92 Å². The van der Waals surface area contributed by atoms with E-state index in [1.807, 2.05) is 24.6 Å². The Bertz CT molecular complexity index is 599. The van der Waals surface area contributed by atoms with Gasteiger partial charge in [0.2, 0.25) is 11.8 Å². The standard InChI is InChI=1S/C18H30N4O3/c1-13-10-14(2)22(20-13)8-5-7-19-18(24)11-16-12-21(15(3)23)9-6-17(16)25-4/h10,16-17H,5-9,11-12H2,1-4H3,(H,19,24)/t16-,17-/m1/s1. The zero-order valence-electron chi connectivity index (χ0n) is 15.7. The molecule has 0 aromatic carbocycles. The Hall–Kier alpha value is -1.89. The number of ether oxygens (including phenoxy) is 1. The van der Waals surface area contributed by atoms with E-state index in [-0.39, 0.29) is 23.8 Å². The fourth-order valence-corrected chi connectivity index (χ4v) is 3.47. The van der Waals surface area contributed by atoms with Gasteiger partial charge in [-0.1, -0.05) is 0 Å². The van der Waals surface area contributed by atoms with Crippen LogP contribution in [0, 0.1) is 19.8 Å². The van der Waals surface area contributed by atoms with Crippen molar-refractivity contribution in [3.63, 3.8) is 0 Å². The number of carbonyl (C=O) groups is 2. The molecule has 1 aromatic heterocycles. The molecule has 2 heterocycles. The van der Waals surface area contributed by atoms with Gasteiger partial charge < -0.3 is 15.0 Å². The van der Waals surface area contributed by atoms with Crippen LogP contribution in [0.5, 0.6) is 0 Å². The Labute approximate surface area is 149 Å². The molecule has 2 amide bonds. The molecule has 0 bridgehead atoms. The van der Waals surface area contributed by atoms with Crippen LogP contribution < -0.4 is 5.32 Å².